The Labute approximate surface area is 83.7 Å². The summed E-state index contributed by atoms with van der Waals surface area (Å²) in [5.41, 5.74) is 6.18. The zero-order valence-corrected chi connectivity index (χ0v) is 8.56. The number of rotatable bonds is 4. The summed E-state index contributed by atoms with van der Waals surface area (Å²) < 4.78 is 4.84. The molecule has 14 heavy (non-hydrogen) atoms. The van der Waals surface area contributed by atoms with Crippen molar-refractivity contribution in [2.75, 3.05) is 13.6 Å². The van der Waals surface area contributed by atoms with Crippen LogP contribution in [0.2, 0.25) is 0 Å². The Balaban J connectivity index is 2.45. The van der Waals surface area contributed by atoms with Gasteiger partial charge in [-0.25, -0.2) is 0 Å². The maximum absolute atomic E-state index is 11.6. The molecule has 0 saturated heterocycles. The zero-order valence-electron chi connectivity index (χ0n) is 8.56. The molecule has 0 saturated carbocycles. The Morgan fingerprint density at radius 3 is 2.93 bits per heavy atom. The molecule has 1 aromatic rings. The molecule has 0 aliphatic rings. The highest BCUT2D eigenvalue weighted by molar-refractivity contribution is 5.93. The van der Waals surface area contributed by atoms with Gasteiger partial charge in [-0.3, -0.25) is 4.79 Å². The first-order chi connectivity index (χ1) is 6.61. The average Bonchev–Trinajstić information content (AvgIpc) is 2.65. The van der Waals surface area contributed by atoms with Crippen LogP contribution in [0.15, 0.2) is 23.0 Å². The highest BCUT2D eigenvalue weighted by Crippen LogP contribution is 2.04. The quantitative estimate of drug-likeness (QED) is 0.784. The molecule has 4 heteroatoms. The molecular weight excluding hydrogens is 180 g/mol. The van der Waals surface area contributed by atoms with E-state index in [0.717, 1.165) is 6.42 Å². The van der Waals surface area contributed by atoms with E-state index < -0.39 is 0 Å². The van der Waals surface area contributed by atoms with Crippen LogP contribution in [0.1, 0.15) is 23.7 Å². The number of carbonyl (C=O) groups excluding carboxylic acids is 1. The van der Waals surface area contributed by atoms with Gasteiger partial charge in [-0.05, 0) is 19.4 Å². The molecule has 2 N–H and O–H groups in total. The van der Waals surface area contributed by atoms with Crippen molar-refractivity contribution in [2.45, 2.75) is 19.4 Å². The molecule has 1 rings (SSSR count). The zero-order chi connectivity index (χ0) is 10.6. The van der Waals surface area contributed by atoms with E-state index in [1.807, 2.05) is 6.92 Å². The molecule has 1 aromatic heterocycles. The van der Waals surface area contributed by atoms with Gasteiger partial charge >= 0.3 is 0 Å². The summed E-state index contributed by atoms with van der Waals surface area (Å²) >= 11 is 0. The van der Waals surface area contributed by atoms with Gasteiger partial charge in [0.1, 0.15) is 6.26 Å². The van der Waals surface area contributed by atoms with Crippen LogP contribution in [0.4, 0.5) is 0 Å². The number of nitrogens with zero attached hydrogens (tertiary/aromatic N) is 1. The molecule has 0 aromatic carbocycles. The van der Waals surface area contributed by atoms with Crippen molar-refractivity contribution in [1.82, 2.24) is 4.90 Å². The Morgan fingerprint density at radius 2 is 2.43 bits per heavy atom. The van der Waals surface area contributed by atoms with Crippen LogP contribution in [0, 0.1) is 0 Å². The lowest BCUT2D eigenvalue weighted by Gasteiger charge is -2.17. The summed E-state index contributed by atoms with van der Waals surface area (Å²) in [5.74, 6) is -0.0283. The third-order valence-electron chi connectivity index (χ3n) is 2.03. The molecule has 0 aliphatic carbocycles. The minimum absolute atomic E-state index is 0.0283. The molecule has 1 amide bonds. The van der Waals surface area contributed by atoms with Crippen molar-refractivity contribution in [3.05, 3.63) is 24.2 Å². The second-order valence-corrected chi connectivity index (χ2v) is 3.50. The van der Waals surface area contributed by atoms with E-state index >= 15 is 0 Å². The molecule has 1 heterocycles. The Morgan fingerprint density at radius 1 is 1.71 bits per heavy atom. The van der Waals surface area contributed by atoms with E-state index in [9.17, 15) is 4.79 Å². The number of furan rings is 1. The van der Waals surface area contributed by atoms with Gasteiger partial charge in [0.2, 0.25) is 0 Å². The maximum atomic E-state index is 11.6. The smallest absolute Gasteiger partial charge is 0.256 e. The largest absolute Gasteiger partial charge is 0.472 e. The van der Waals surface area contributed by atoms with Crippen LogP contribution in [0.3, 0.4) is 0 Å². The van der Waals surface area contributed by atoms with Crippen molar-refractivity contribution in [1.29, 1.82) is 0 Å². The third kappa shape index (κ3) is 2.88. The number of amides is 1. The molecule has 0 spiro atoms. The van der Waals surface area contributed by atoms with Gasteiger partial charge in [0.15, 0.2) is 0 Å². The van der Waals surface area contributed by atoms with Crippen molar-refractivity contribution < 1.29 is 9.21 Å². The van der Waals surface area contributed by atoms with E-state index in [1.165, 1.54) is 12.5 Å². The third-order valence-corrected chi connectivity index (χ3v) is 2.03. The lowest BCUT2D eigenvalue weighted by atomic mass is 10.2. The number of hydrogen-bond acceptors (Lipinski definition) is 3. The van der Waals surface area contributed by atoms with Crippen LogP contribution in [0.25, 0.3) is 0 Å². The Bertz CT molecular complexity index is 280. The molecular formula is C10H16N2O2. The summed E-state index contributed by atoms with van der Waals surface area (Å²) in [5, 5.41) is 0. The van der Waals surface area contributed by atoms with E-state index in [0.29, 0.717) is 12.1 Å². The molecule has 4 nitrogen and oxygen atoms in total. The van der Waals surface area contributed by atoms with Gasteiger partial charge in [0.05, 0.1) is 11.8 Å². The van der Waals surface area contributed by atoms with Gasteiger partial charge in [-0.15, -0.1) is 0 Å². The highest BCUT2D eigenvalue weighted by Gasteiger charge is 2.12. The second-order valence-electron chi connectivity index (χ2n) is 3.50. The molecule has 0 fully saturated rings. The van der Waals surface area contributed by atoms with Crippen LogP contribution in [-0.2, 0) is 0 Å². The predicted octanol–water partition coefficient (Wildman–Crippen LogP) is 1.09. The second kappa shape index (κ2) is 4.81. The summed E-state index contributed by atoms with van der Waals surface area (Å²) in [4.78, 5) is 13.3. The minimum Gasteiger partial charge on any atom is -0.472 e. The first-order valence-electron chi connectivity index (χ1n) is 4.64. The van der Waals surface area contributed by atoms with Crippen LogP contribution < -0.4 is 5.73 Å². The van der Waals surface area contributed by atoms with E-state index in [2.05, 4.69) is 0 Å². The lowest BCUT2D eigenvalue weighted by Crippen LogP contribution is -2.31. The normalized spacial score (nSPS) is 12.5. The van der Waals surface area contributed by atoms with Gasteiger partial charge in [-0.1, -0.05) is 0 Å². The van der Waals surface area contributed by atoms with E-state index in [1.54, 1.807) is 18.0 Å². The first kappa shape index (κ1) is 10.8. The van der Waals surface area contributed by atoms with Gasteiger partial charge < -0.3 is 15.1 Å². The molecule has 1 unspecified atom stereocenters. The molecule has 78 valence electrons. The summed E-state index contributed by atoms with van der Waals surface area (Å²) in [6.45, 7) is 2.60. The fraction of sp³-hybridized carbons (Fsp3) is 0.500. The first-order valence-corrected chi connectivity index (χ1v) is 4.64. The van der Waals surface area contributed by atoms with Crippen molar-refractivity contribution >= 4 is 5.91 Å². The SMILES string of the molecule is CC(N)CCN(C)C(=O)c1ccoc1. The van der Waals surface area contributed by atoms with Crippen molar-refractivity contribution in [3.8, 4) is 0 Å². The molecule has 0 aliphatic heterocycles. The van der Waals surface area contributed by atoms with Gasteiger partial charge in [-0.2, -0.15) is 0 Å². The standard InChI is InChI=1S/C10H16N2O2/c1-8(11)3-5-12(2)10(13)9-4-6-14-7-9/h4,6-8H,3,5,11H2,1-2H3. The topological polar surface area (TPSA) is 59.5 Å². The fourth-order valence-electron chi connectivity index (χ4n) is 1.11. The minimum atomic E-state index is -0.0283. The van der Waals surface area contributed by atoms with E-state index in [-0.39, 0.29) is 11.9 Å². The number of carbonyl (C=O) groups is 1. The Hall–Kier alpha value is -1.29. The maximum Gasteiger partial charge on any atom is 0.256 e. The average molecular weight is 196 g/mol. The van der Waals surface area contributed by atoms with Crippen LogP contribution in [0.5, 0.6) is 0 Å². The van der Waals surface area contributed by atoms with E-state index in [4.69, 9.17) is 10.2 Å². The summed E-state index contributed by atoms with van der Waals surface area (Å²) in [6.07, 6.45) is 3.75. The number of hydrogen-bond donors (Lipinski definition) is 1. The van der Waals surface area contributed by atoms with Crippen molar-refractivity contribution in [2.24, 2.45) is 5.73 Å². The lowest BCUT2D eigenvalue weighted by molar-refractivity contribution is 0.0791. The van der Waals surface area contributed by atoms with Crippen LogP contribution >= 0.6 is 0 Å². The Kier molecular flexibility index (Phi) is 3.71. The fourth-order valence-corrected chi connectivity index (χ4v) is 1.11. The van der Waals surface area contributed by atoms with Crippen LogP contribution in [-0.4, -0.2) is 30.4 Å². The molecule has 0 radical (unpaired) electrons. The highest BCUT2D eigenvalue weighted by atomic mass is 16.3. The monoisotopic (exact) mass is 196 g/mol. The number of nitrogens with two attached hydrogens (primary N) is 1. The van der Waals surface area contributed by atoms with Gasteiger partial charge in [0, 0.05) is 19.6 Å². The predicted molar refractivity (Wildman–Crippen MR) is 53.9 cm³/mol. The molecule has 1 atom stereocenters. The molecule has 0 bridgehead atoms. The summed E-state index contributed by atoms with van der Waals surface area (Å²) in [7, 11) is 1.76. The van der Waals surface area contributed by atoms with Crippen molar-refractivity contribution in [3.63, 3.8) is 0 Å². The summed E-state index contributed by atoms with van der Waals surface area (Å²) in [6, 6.07) is 1.78. The van der Waals surface area contributed by atoms with Gasteiger partial charge in [0.25, 0.3) is 5.91 Å².